The molecule has 0 aliphatic carbocycles. The van der Waals surface area contributed by atoms with E-state index in [2.05, 4.69) is 11.9 Å². The van der Waals surface area contributed by atoms with Crippen LogP contribution in [-0.4, -0.2) is 30.2 Å². The summed E-state index contributed by atoms with van der Waals surface area (Å²) in [7, 11) is -4.37. The summed E-state index contributed by atoms with van der Waals surface area (Å²) >= 11 is 0. The van der Waals surface area contributed by atoms with Crippen LogP contribution >= 0.6 is 0 Å². The molecule has 0 aliphatic heterocycles. The minimum atomic E-state index is -4.37. The van der Waals surface area contributed by atoms with Crippen molar-refractivity contribution in [2.75, 3.05) is 0 Å². The zero-order valence-electron chi connectivity index (χ0n) is 9.40. The Morgan fingerprint density at radius 3 is 2.07 bits per heavy atom. The van der Waals surface area contributed by atoms with Gasteiger partial charge < -0.3 is 9.87 Å². The Morgan fingerprint density at radius 2 is 1.80 bits per heavy atom. The van der Waals surface area contributed by atoms with Gasteiger partial charge in [-0.05, 0) is 20.8 Å². The van der Waals surface area contributed by atoms with Gasteiger partial charge in [0.25, 0.3) is 0 Å². The zero-order valence-corrected chi connectivity index (χ0v) is 12.2. The van der Waals surface area contributed by atoms with Gasteiger partial charge in [0.05, 0.1) is 15.4 Å². The van der Waals surface area contributed by atoms with Gasteiger partial charge in [0, 0.05) is 11.6 Å². The van der Waals surface area contributed by atoms with E-state index in [0.29, 0.717) is 0 Å². The Hall–Kier alpha value is 0.120. The number of hydrogen-bond acceptors (Lipinski definition) is 4. The van der Waals surface area contributed by atoms with Gasteiger partial charge in [0.15, 0.2) is 0 Å². The van der Waals surface area contributed by atoms with Crippen molar-refractivity contribution >= 4 is 16.0 Å². The molecule has 82 valence electrons. The Morgan fingerprint density at radius 1 is 1.40 bits per heavy atom. The van der Waals surface area contributed by atoms with Crippen LogP contribution in [0.4, 0.5) is 0 Å². The number of rotatable bonds is 4. The molecule has 2 unspecified atom stereocenters. The van der Waals surface area contributed by atoms with Crippen molar-refractivity contribution in [3.63, 3.8) is 0 Å². The number of carbonyl (C=O) groups excluding carboxylic acids is 1. The maximum absolute atomic E-state index is 11.1. The molecule has 0 fully saturated rings. The van der Waals surface area contributed by atoms with Crippen LogP contribution in [-0.2, 0) is 14.9 Å². The average molecular weight is 243 g/mol. The molecule has 0 spiro atoms. The fourth-order valence-electron chi connectivity index (χ4n) is 0.697. The predicted molar refractivity (Wildman–Crippen MR) is 51.6 cm³/mol. The van der Waals surface area contributed by atoms with Crippen LogP contribution < -0.4 is 34.9 Å². The topological polar surface area (TPSA) is 86.3 Å². The van der Waals surface area contributed by atoms with Crippen molar-refractivity contribution in [3.8, 4) is 0 Å². The maximum Gasteiger partial charge on any atom is 1.00 e. The van der Waals surface area contributed by atoms with Crippen LogP contribution in [0.15, 0.2) is 12.2 Å². The third-order valence-corrected chi connectivity index (χ3v) is 3.22. The monoisotopic (exact) mass is 243 g/mol. The molecule has 0 bridgehead atoms. The van der Waals surface area contributed by atoms with Crippen molar-refractivity contribution in [3.05, 3.63) is 12.2 Å². The van der Waals surface area contributed by atoms with Crippen molar-refractivity contribution in [2.24, 2.45) is 0 Å². The van der Waals surface area contributed by atoms with Gasteiger partial charge in [-0.1, -0.05) is 6.58 Å². The van der Waals surface area contributed by atoms with E-state index in [4.69, 9.17) is 0 Å². The minimum Gasteiger partial charge on any atom is -0.748 e. The quantitative estimate of drug-likeness (QED) is 0.324. The van der Waals surface area contributed by atoms with Crippen molar-refractivity contribution in [2.45, 2.75) is 32.1 Å². The van der Waals surface area contributed by atoms with Gasteiger partial charge >= 0.3 is 29.6 Å². The first kappa shape index (κ1) is 17.5. The van der Waals surface area contributed by atoms with Crippen LogP contribution in [0, 0.1) is 0 Å². The van der Waals surface area contributed by atoms with E-state index >= 15 is 0 Å². The second kappa shape index (κ2) is 6.65. The Bertz CT molecular complexity index is 339. The van der Waals surface area contributed by atoms with E-state index in [1.165, 1.54) is 20.8 Å². The third kappa shape index (κ3) is 6.32. The molecule has 0 aliphatic rings. The van der Waals surface area contributed by atoms with E-state index in [1.54, 1.807) is 0 Å². The number of carbonyl (C=O) groups is 1. The molecule has 0 aromatic rings. The summed E-state index contributed by atoms with van der Waals surface area (Å²) in [6.07, 6.45) is 0. The van der Waals surface area contributed by atoms with E-state index in [9.17, 15) is 17.8 Å². The smallest absolute Gasteiger partial charge is 0.748 e. The number of nitrogens with one attached hydrogen (secondary N) is 1. The third-order valence-electron chi connectivity index (χ3n) is 1.91. The van der Waals surface area contributed by atoms with Gasteiger partial charge in [0.2, 0.25) is 5.91 Å². The molecule has 5 nitrogen and oxygen atoms in total. The molecule has 15 heavy (non-hydrogen) atoms. The van der Waals surface area contributed by atoms with Crippen LogP contribution in [0.1, 0.15) is 20.8 Å². The summed E-state index contributed by atoms with van der Waals surface area (Å²) in [5.41, 5.74) is 0.271. The Labute approximate surface area is 112 Å². The Kier molecular flexibility index (Phi) is 7.76. The van der Waals surface area contributed by atoms with Crippen molar-refractivity contribution in [1.82, 2.24) is 5.32 Å². The molecule has 0 saturated heterocycles. The molecule has 0 saturated carbocycles. The largest absolute Gasteiger partial charge is 1.00 e. The van der Waals surface area contributed by atoms with Crippen LogP contribution in [0.2, 0.25) is 0 Å². The maximum atomic E-state index is 11.1. The molecule has 0 aromatic carbocycles. The summed E-state index contributed by atoms with van der Waals surface area (Å²) in [5, 5.41) is 1.22. The van der Waals surface area contributed by atoms with Gasteiger partial charge in [-0.2, -0.15) is 0 Å². The number of hydrogen-bond donors (Lipinski definition) is 1. The molecule has 0 rings (SSSR count). The molecule has 0 heterocycles. The van der Waals surface area contributed by atoms with Gasteiger partial charge in [-0.3, -0.25) is 4.79 Å². The summed E-state index contributed by atoms with van der Waals surface area (Å²) in [4.78, 5) is 11.1. The van der Waals surface area contributed by atoms with Crippen LogP contribution in [0.25, 0.3) is 0 Å². The van der Waals surface area contributed by atoms with Crippen LogP contribution in [0.3, 0.4) is 0 Å². The first-order valence-electron chi connectivity index (χ1n) is 4.07. The molecule has 2 atom stereocenters. The summed E-state index contributed by atoms with van der Waals surface area (Å²) in [6, 6.07) is -0.721. The van der Waals surface area contributed by atoms with Crippen molar-refractivity contribution < 1.29 is 47.3 Å². The van der Waals surface area contributed by atoms with Gasteiger partial charge in [-0.25, -0.2) is 8.42 Å². The number of amides is 1. The molecular weight excluding hydrogens is 229 g/mol. The first-order chi connectivity index (χ1) is 6.16. The van der Waals surface area contributed by atoms with Crippen molar-refractivity contribution in [1.29, 1.82) is 0 Å². The second-order valence-electron chi connectivity index (χ2n) is 3.24. The van der Waals surface area contributed by atoms with E-state index in [-0.39, 0.29) is 35.1 Å². The molecular formula is C8H14NNaO4S. The SMILES string of the molecule is C=C(C)C(=O)NC(C)C(C)S(=O)(=O)[O-].[Na+]. The first-order valence-corrected chi connectivity index (χ1v) is 5.54. The minimum absolute atomic E-state index is 0. The Balaban J connectivity index is 0. The molecule has 0 aromatic heterocycles. The van der Waals surface area contributed by atoms with E-state index in [1.807, 2.05) is 0 Å². The summed E-state index contributed by atoms with van der Waals surface area (Å²) in [6.45, 7) is 7.60. The summed E-state index contributed by atoms with van der Waals surface area (Å²) in [5.74, 6) is -0.451. The normalized spacial score (nSPS) is 14.7. The van der Waals surface area contributed by atoms with Gasteiger partial charge in [0.1, 0.15) is 0 Å². The van der Waals surface area contributed by atoms with Gasteiger partial charge in [-0.15, -0.1) is 0 Å². The standard InChI is InChI=1S/C8H15NO4S.Na/c1-5(2)8(10)9-6(3)7(4)14(11,12)13;/h6-7H,1H2,2-4H3,(H,9,10)(H,11,12,13);/q;+1/p-1. The van der Waals surface area contributed by atoms with E-state index in [0.717, 1.165) is 0 Å². The molecule has 0 radical (unpaired) electrons. The summed E-state index contributed by atoms with van der Waals surface area (Å²) < 4.78 is 31.8. The molecule has 1 N–H and O–H groups in total. The van der Waals surface area contributed by atoms with Crippen LogP contribution in [0.5, 0.6) is 0 Å². The average Bonchev–Trinajstić information content (AvgIpc) is 2.00. The van der Waals surface area contributed by atoms with E-state index < -0.39 is 27.3 Å². The predicted octanol–water partition coefficient (Wildman–Crippen LogP) is -3.00. The fourth-order valence-corrected chi connectivity index (χ4v) is 1.27. The molecule has 7 heteroatoms. The zero-order chi connectivity index (χ0) is 11.5. The molecule has 1 amide bonds. The fraction of sp³-hybridized carbons (Fsp3) is 0.625. The second-order valence-corrected chi connectivity index (χ2v) is 4.97.